The fourth-order valence-electron chi connectivity index (χ4n) is 1.01. The molecule has 2 atom stereocenters. The van der Waals surface area contributed by atoms with E-state index in [1.807, 2.05) is 13.2 Å². The van der Waals surface area contributed by atoms with Gasteiger partial charge < -0.3 is 10.2 Å². The largest absolute Gasteiger partial charge is 0.377 e. The molecule has 0 aromatic heterocycles. The van der Waals surface area contributed by atoms with Gasteiger partial charge in [-0.25, -0.2) is 0 Å². The van der Waals surface area contributed by atoms with E-state index in [9.17, 15) is 0 Å². The number of rotatable bonds is 5. The first-order valence-electron chi connectivity index (χ1n) is 4.21. The predicted molar refractivity (Wildman–Crippen MR) is 50.6 cm³/mol. The maximum atomic E-state index is 3.72. The fourth-order valence-corrected chi connectivity index (χ4v) is 1.01. The van der Waals surface area contributed by atoms with Gasteiger partial charge in [-0.3, -0.25) is 0 Å². The van der Waals surface area contributed by atoms with E-state index in [2.05, 4.69) is 37.6 Å². The van der Waals surface area contributed by atoms with Crippen molar-refractivity contribution in [2.75, 3.05) is 13.6 Å². The van der Waals surface area contributed by atoms with Crippen LogP contribution in [0.1, 0.15) is 20.8 Å². The van der Waals surface area contributed by atoms with E-state index in [-0.39, 0.29) is 0 Å². The molecule has 0 heterocycles. The second-order valence-corrected chi connectivity index (χ2v) is 2.93. The highest BCUT2D eigenvalue weighted by atomic mass is 15.1. The second-order valence-electron chi connectivity index (χ2n) is 2.93. The predicted octanol–water partition coefficient (Wildman–Crippen LogP) is 1.45. The van der Waals surface area contributed by atoms with Gasteiger partial charge in [0, 0.05) is 19.1 Å². The Labute approximate surface area is 70.3 Å². The molecule has 0 aliphatic carbocycles. The molecule has 0 aliphatic heterocycles. The third-order valence-corrected chi connectivity index (χ3v) is 2.18. The molecule has 66 valence electrons. The van der Waals surface area contributed by atoms with Crippen molar-refractivity contribution in [2.45, 2.75) is 32.9 Å². The first kappa shape index (κ1) is 10.5. The van der Waals surface area contributed by atoms with Gasteiger partial charge >= 0.3 is 0 Å². The van der Waals surface area contributed by atoms with Crippen molar-refractivity contribution in [3.8, 4) is 0 Å². The Bertz CT molecular complexity index is 112. The van der Waals surface area contributed by atoms with Gasteiger partial charge in [0.1, 0.15) is 0 Å². The van der Waals surface area contributed by atoms with Gasteiger partial charge in [0.05, 0.1) is 0 Å². The lowest BCUT2D eigenvalue weighted by Crippen LogP contribution is -2.42. The van der Waals surface area contributed by atoms with Crippen LogP contribution in [0, 0.1) is 0 Å². The number of nitrogens with zero attached hydrogens (tertiary/aromatic N) is 1. The topological polar surface area (TPSA) is 15.3 Å². The third-order valence-electron chi connectivity index (χ3n) is 2.18. The zero-order valence-electron chi connectivity index (χ0n) is 8.09. The average Bonchev–Trinajstić information content (AvgIpc) is 2.02. The number of hydrogen-bond acceptors (Lipinski definition) is 2. The lowest BCUT2D eigenvalue weighted by molar-refractivity contribution is 0.286. The van der Waals surface area contributed by atoms with Crippen molar-refractivity contribution in [2.24, 2.45) is 0 Å². The minimum atomic E-state index is 0.507. The van der Waals surface area contributed by atoms with E-state index in [0.29, 0.717) is 12.1 Å². The Morgan fingerprint density at radius 2 is 2.09 bits per heavy atom. The normalized spacial score (nSPS) is 15.6. The Morgan fingerprint density at radius 3 is 2.45 bits per heavy atom. The molecule has 0 saturated heterocycles. The van der Waals surface area contributed by atoms with Gasteiger partial charge in [-0.2, -0.15) is 0 Å². The van der Waals surface area contributed by atoms with E-state index < -0.39 is 0 Å². The Kier molecular flexibility index (Phi) is 4.95. The quantitative estimate of drug-likeness (QED) is 0.648. The molecule has 0 aromatic carbocycles. The minimum absolute atomic E-state index is 0.507. The highest BCUT2D eigenvalue weighted by Crippen LogP contribution is 2.00. The Hall–Kier alpha value is -0.500. The van der Waals surface area contributed by atoms with Crippen LogP contribution in [-0.2, 0) is 0 Å². The summed E-state index contributed by atoms with van der Waals surface area (Å²) in [5, 5.41) is 3.37. The van der Waals surface area contributed by atoms with Crippen LogP contribution in [0.4, 0.5) is 0 Å². The molecule has 0 saturated carbocycles. The van der Waals surface area contributed by atoms with Crippen molar-refractivity contribution >= 4 is 0 Å². The van der Waals surface area contributed by atoms with E-state index in [4.69, 9.17) is 0 Å². The summed E-state index contributed by atoms with van der Waals surface area (Å²) in [6.07, 6.45) is 1.86. The molecule has 0 spiro atoms. The smallest absolute Gasteiger partial charge is 0.0403 e. The number of nitrogens with one attached hydrogen (secondary N) is 1. The summed E-state index contributed by atoms with van der Waals surface area (Å²) in [4.78, 5) is 2.12. The highest BCUT2D eigenvalue weighted by Gasteiger charge is 2.12. The van der Waals surface area contributed by atoms with Crippen LogP contribution in [0.15, 0.2) is 12.8 Å². The zero-order valence-corrected chi connectivity index (χ0v) is 8.09. The molecule has 0 aromatic rings. The summed E-state index contributed by atoms with van der Waals surface area (Å²) in [6.45, 7) is 11.2. The molecule has 0 radical (unpaired) electrons. The van der Waals surface area contributed by atoms with E-state index in [0.717, 1.165) is 6.54 Å². The van der Waals surface area contributed by atoms with Crippen LogP contribution in [0.3, 0.4) is 0 Å². The Balaban J connectivity index is 3.79. The Morgan fingerprint density at radius 1 is 1.55 bits per heavy atom. The lowest BCUT2D eigenvalue weighted by atomic mass is 10.1. The minimum Gasteiger partial charge on any atom is -0.377 e. The summed E-state index contributed by atoms with van der Waals surface area (Å²) in [6, 6.07) is 1.02. The van der Waals surface area contributed by atoms with Crippen molar-refractivity contribution < 1.29 is 0 Å². The zero-order chi connectivity index (χ0) is 8.85. The van der Waals surface area contributed by atoms with Crippen LogP contribution in [0.5, 0.6) is 0 Å². The molecule has 0 rings (SSSR count). The molecule has 2 heteroatoms. The molecule has 0 aliphatic rings. The molecule has 1 N–H and O–H groups in total. The van der Waals surface area contributed by atoms with E-state index in [1.165, 1.54) is 0 Å². The SMILES string of the molecule is C=CN(C)C(C)[C@@H](C)NCC. The molecule has 0 fully saturated rings. The number of hydrogen-bond donors (Lipinski definition) is 1. The first-order chi connectivity index (χ1) is 5.13. The molecule has 1 unspecified atom stereocenters. The van der Waals surface area contributed by atoms with E-state index >= 15 is 0 Å². The highest BCUT2D eigenvalue weighted by molar-refractivity contribution is 4.80. The summed E-state index contributed by atoms with van der Waals surface area (Å²) >= 11 is 0. The van der Waals surface area contributed by atoms with Gasteiger partial charge in [-0.15, -0.1) is 0 Å². The van der Waals surface area contributed by atoms with Gasteiger partial charge in [0.2, 0.25) is 0 Å². The van der Waals surface area contributed by atoms with Crippen LogP contribution >= 0.6 is 0 Å². The van der Waals surface area contributed by atoms with Crippen molar-refractivity contribution in [1.82, 2.24) is 10.2 Å². The van der Waals surface area contributed by atoms with Crippen LogP contribution in [0.2, 0.25) is 0 Å². The molecule has 11 heavy (non-hydrogen) atoms. The fraction of sp³-hybridized carbons (Fsp3) is 0.778. The lowest BCUT2D eigenvalue weighted by Gasteiger charge is -2.28. The molecule has 0 bridgehead atoms. The van der Waals surface area contributed by atoms with Crippen LogP contribution in [-0.4, -0.2) is 30.6 Å². The maximum Gasteiger partial charge on any atom is 0.0403 e. The molecular formula is C9H20N2. The summed E-state index contributed by atoms with van der Waals surface area (Å²) in [7, 11) is 2.05. The summed E-state index contributed by atoms with van der Waals surface area (Å²) < 4.78 is 0. The van der Waals surface area contributed by atoms with Crippen molar-refractivity contribution in [1.29, 1.82) is 0 Å². The molecular weight excluding hydrogens is 136 g/mol. The van der Waals surface area contributed by atoms with Gasteiger partial charge in [-0.05, 0) is 26.6 Å². The molecule has 2 nitrogen and oxygen atoms in total. The first-order valence-corrected chi connectivity index (χ1v) is 4.21. The summed E-state index contributed by atoms with van der Waals surface area (Å²) in [5.74, 6) is 0. The van der Waals surface area contributed by atoms with Crippen LogP contribution in [0.25, 0.3) is 0 Å². The standard InChI is InChI=1S/C9H20N2/c1-6-10-8(3)9(4)11(5)7-2/h7-10H,2,6H2,1,3-5H3/t8-,9?/m1/s1. The van der Waals surface area contributed by atoms with Crippen molar-refractivity contribution in [3.63, 3.8) is 0 Å². The monoisotopic (exact) mass is 156 g/mol. The molecule has 0 amide bonds. The van der Waals surface area contributed by atoms with Gasteiger partial charge in [0.15, 0.2) is 0 Å². The second kappa shape index (κ2) is 5.19. The van der Waals surface area contributed by atoms with Crippen LogP contribution < -0.4 is 5.32 Å². The number of likely N-dealkylation sites (N-methyl/N-ethyl adjacent to an activating group) is 2. The van der Waals surface area contributed by atoms with E-state index in [1.54, 1.807) is 0 Å². The average molecular weight is 156 g/mol. The van der Waals surface area contributed by atoms with Gasteiger partial charge in [-0.1, -0.05) is 13.5 Å². The maximum absolute atomic E-state index is 3.72. The third kappa shape index (κ3) is 3.42. The summed E-state index contributed by atoms with van der Waals surface area (Å²) in [5.41, 5.74) is 0. The van der Waals surface area contributed by atoms with Crippen molar-refractivity contribution in [3.05, 3.63) is 12.8 Å². The van der Waals surface area contributed by atoms with Gasteiger partial charge in [0.25, 0.3) is 0 Å².